The maximum absolute atomic E-state index is 12.1. The van der Waals surface area contributed by atoms with Crippen LogP contribution < -0.4 is 10.9 Å². The molecule has 1 atom stereocenters. The van der Waals surface area contributed by atoms with Crippen molar-refractivity contribution in [2.45, 2.75) is 32.7 Å². The first-order chi connectivity index (χ1) is 9.15. The molecule has 1 aromatic heterocycles. The van der Waals surface area contributed by atoms with Crippen LogP contribution in [-0.4, -0.2) is 16.5 Å². The topological polar surface area (TPSA) is 62.4 Å². The number of quaternary nitrogens is 1. The SMILES string of the molecule is CCC[NH2+][C@H](CC)c1nc2cc(Cl)ccc2c(=O)[nH]1. The number of hydrogen-bond acceptors (Lipinski definition) is 2. The molecule has 0 aliphatic rings. The van der Waals surface area contributed by atoms with Crippen molar-refractivity contribution in [3.05, 3.63) is 39.4 Å². The van der Waals surface area contributed by atoms with Gasteiger partial charge in [0.15, 0.2) is 5.82 Å². The quantitative estimate of drug-likeness (QED) is 0.880. The molecule has 19 heavy (non-hydrogen) atoms. The van der Waals surface area contributed by atoms with Crippen LogP contribution in [0.5, 0.6) is 0 Å². The van der Waals surface area contributed by atoms with E-state index in [1.807, 2.05) is 0 Å². The molecule has 0 spiro atoms. The highest BCUT2D eigenvalue weighted by molar-refractivity contribution is 6.31. The standard InChI is InChI=1S/C14H18ClN3O/c1-3-7-16-11(4-2)13-17-12-8-9(15)5-6-10(12)14(19)18-13/h5-6,8,11,16H,3-4,7H2,1-2H3,(H,17,18,19)/p+1/t11-/m1/s1. The maximum Gasteiger partial charge on any atom is 0.258 e. The zero-order chi connectivity index (χ0) is 13.8. The van der Waals surface area contributed by atoms with Crippen LogP contribution >= 0.6 is 11.6 Å². The van der Waals surface area contributed by atoms with E-state index in [9.17, 15) is 4.79 Å². The fourth-order valence-corrected chi connectivity index (χ4v) is 2.31. The van der Waals surface area contributed by atoms with E-state index in [-0.39, 0.29) is 11.6 Å². The second-order valence-electron chi connectivity index (χ2n) is 4.65. The van der Waals surface area contributed by atoms with Gasteiger partial charge in [0, 0.05) is 11.4 Å². The number of nitrogens with one attached hydrogen (secondary N) is 1. The Balaban J connectivity index is 2.46. The number of halogens is 1. The molecular formula is C14H19ClN3O+. The number of H-pyrrole nitrogens is 1. The monoisotopic (exact) mass is 280 g/mol. The van der Waals surface area contributed by atoms with Gasteiger partial charge in [0.25, 0.3) is 5.56 Å². The first-order valence-corrected chi connectivity index (χ1v) is 7.06. The highest BCUT2D eigenvalue weighted by atomic mass is 35.5. The molecule has 1 heterocycles. The van der Waals surface area contributed by atoms with Crippen molar-refractivity contribution in [3.63, 3.8) is 0 Å². The van der Waals surface area contributed by atoms with Crippen LogP contribution in [0, 0.1) is 0 Å². The first kappa shape index (κ1) is 14.0. The van der Waals surface area contributed by atoms with Gasteiger partial charge < -0.3 is 10.3 Å². The van der Waals surface area contributed by atoms with E-state index in [1.54, 1.807) is 18.2 Å². The van der Waals surface area contributed by atoms with E-state index in [1.165, 1.54) is 0 Å². The Kier molecular flexibility index (Phi) is 4.56. The molecule has 0 aliphatic heterocycles. The average molecular weight is 281 g/mol. The van der Waals surface area contributed by atoms with Crippen LogP contribution in [0.4, 0.5) is 0 Å². The van der Waals surface area contributed by atoms with Crippen LogP contribution in [-0.2, 0) is 0 Å². The van der Waals surface area contributed by atoms with Crippen LogP contribution in [0.1, 0.15) is 38.6 Å². The first-order valence-electron chi connectivity index (χ1n) is 6.68. The minimum absolute atomic E-state index is 0.0972. The van der Waals surface area contributed by atoms with Crippen LogP contribution in [0.25, 0.3) is 10.9 Å². The number of aromatic nitrogens is 2. The molecule has 3 N–H and O–H groups in total. The molecular weight excluding hydrogens is 262 g/mol. The molecule has 0 amide bonds. The van der Waals surface area contributed by atoms with Gasteiger partial charge in [-0.1, -0.05) is 25.4 Å². The molecule has 0 fully saturated rings. The Labute approximate surface area is 117 Å². The van der Waals surface area contributed by atoms with Gasteiger partial charge in [0.1, 0.15) is 6.04 Å². The summed E-state index contributed by atoms with van der Waals surface area (Å²) in [7, 11) is 0. The summed E-state index contributed by atoms with van der Waals surface area (Å²) in [6.45, 7) is 5.26. The third-order valence-corrected chi connectivity index (χ3v) is 3.45. The van der Waals surface area contributed by atoms with Crippen molar-refractivity contribution in [1.82, 2.24) is 9.97 Å². The molecule has 2 aromatic rings. The van der Waals surface area contributed by atoms with Crippen molar-refractivity contribution in [2.24, 2.45) is 0 Å². The molecule has 5 heteroatoms. The molecule has 0 aliphatic carbocycles. The molecule has 1 aromatic carbocycles. The lowest BCUT2D eigenvalue weighted by Gasteiger charge is -2.12. The van der Waals surface area contributed by atoms with E-state index in [0.717, 1.165) is 25.2 Å². The van der Waals surface area contributed by atoms with Gasteiger partial charge in [-0.2, -0.15) is 0 Å². The number of fused-ring (bicyclic) bond motifs is 1. The second-order valence-corrected chi connectivity index (χ2v) is 5.09. The largest absolute Gasteiger partial charge is 0.338 e. The van der Waals surface area contributed by atoms with E-state index < -0.39 is 0 Å². The number of aromatic amines is 1. The fourth-order valence-electron chi connectivity index (χ4n) is 2.15. The number of benzene rings is 1. The third-order valence-electron chi connectivity index (χ3n) is 3.22. The molecule has 0 radical (unpaired) electrons. The highest BCUT2D eigenvalue weighted by Gasteiger charge is 2.16. The lowest BCUT2D eigenvalue weighted by molar-refractivity contribution is -0.697. The molecule has 0 saturated heterocycles. The normalized spacial score (nSPS) is 12.8. The third kappa shape index (κ3) is 3.14. The number of nitrogens with two attached hydrogens (primary N) is 1. The van der Waals surface area contributed by atoms with Gasteiger partial charge >= 0.3 is 0 Å². The van der Waals surface area contributed by atoms with E-state index in [4.69, 9.17) is 11.6 Å². The predicted molar refractivity (Wildman–Crippen MR) is 77.5 cm³/mol. The highest BCUT2D eigenvalue weighted by Crippen LogP contribution is 2.16. The lowest BCUT2D eigenvalue weighted by atomic mass is 10.2. The van der Waals surface area contributed by atoms with Gasteiger partial charge in [0.2, 0.25) is 0 Å². The van der Waals surface area contributed by atoms with E-state index in [0.29, 0.717) is 15.9 Å². The Bertz CT molecular complexity index is 624. The molecule has 2 rings (SSSR count). The van der Waals surface area contributed by atoms with Gasteiger partial charge in [-0.05, 0) is 24.6 Å². The minimum atomic E-state index is -0.0972. The molecule has 0 unspecified atom stereocenters. The van der Waals surface area contributed by atoms with Crippen molar-refractivity contribution in [1.29, 1.82) is 0 Å². The van der Waals surface area contributed by atoms with Gasteiger partial charge in [-0.3, -0.25) is 4.79 Å². The summed E-state index contributed by atoms with van der Waals surface area (Å²) in [6, 6.07) is 5.35. The summed E-state index contributed by atoms with van der Waals surface area (Å²) in [6.07, 6.45) is 2.02. The smallest absolute Gasteiger partial charge is 0.258 e. The van der Waals surface area contributed by atoms with E-state index in [2.05, 4.69) is 29.1 Å². The van der Waals surface area contributed by atoms with Crippen molar-refractivity contribution in [2.75, 3.05) is 6.54 Å². The van der Waals surface area contributed by atoms with Crippen LogP contribution in [0.2, 0.25) is 5.02 Å². The summed E-state index contributed by atoms with van der Waals surface area (Å²) < 4.78 is 0. The summed E-state index contributed by atoms with van der Waals surface area (Å²) in [5.74, 6) is 0.732. The van der Waals surface area contributed by atoms with Crippen LogP contribution in [0.15, 0.2) is 23.0 Å². The molecule has 102 valence electrons. The summed E-state index contributed by atoms with van der Waals surface area (Å²) in [5, 5.41) is 3.40. The number of rotatable bonds is 5. The van der Waals surface area contributed by atoms with Crippen molar-refractivity contribution >= 4 is 22.5 Å². The molecule has 0 saturated carbocycles. The van der Waals surface area contributed by atoms with Crippen LogP contribution in [0.3, 0.4) is 0 Å². The van der Waals surface area contributed by atoms with Gasteiger partial charge in [-0.25, -0.2) is 4.98 Å². The zero-order valence-electron chi connectivity index (χ0n) is 11.2. The predicted octanol–water partition coefficient (Wildman–Crippen LogP) is 2.00. The van der Waals surface area contributed by atoms with Gasteiger partial charge in [-0.15, -0.1) is 0 Å². The minimum Gasteiger partial charge on any atom is -0.338 e. The Morgan fingerprint density at radius 2 is 2.21 bits per heavy atom. The lowest BCUT2D eigenvalue weighted by Crippen LogP contribution is -2.85. The second kappa shape index (κ2) is 6.17. The Hall–Kier alpha value is -1.39. The summed E-state index contributed by atoms with van der Waals surface area (Å²) >= 11 is 5.96. The zero-order valence-corrected chi connectivity index (χ0v) is 12.0. The fraction of sp³-hybridized carbons (Fsp3) is 0.429. The number of hydrogen-bond donors (Lipinski definition) is 2. The van der Waals surface area contributed by atoms with Gasteiger partial charge in [0.05, 0.1) is 17.4 Å². The van der Waals surface area contributed by atoms with E-state index >= 15 is 0 Å². The maximum atomic E-state index is 12.1. The Morgan fingerprint density at radius 1 is 1.42 bits per heavy atom. The summed E-state index contributed by atoms with van der Waals surface area (Å²) in [4.78, 5) is 19.5. The van der Waals surface area contributed by atoms with Crippen molar-refractivity contribution in [3.8, 4) is 0 Å². The number of nitrogens with zero attached hydrogens (tertiary/aromatic N) is 1. The molecule has 0 bridgehead atoms. The summed E-state index contributed by atoms with van der Waals surface area (Å²) in [5.41, 5.74) is 0.564. The van der Waals surface area contributed by atoms with Crippen molar-refractivity contribution < 1.29 is 5.32 Å². The average Bonchev–Trinajstić information content (AvgIpc) is 2.39. The molecule has 4 nitrogen and oxygen atoms in total. The Morgan fingerprint density at radius 3 is 2.89 bits per heavy atom.